The Balaban J connectivity index is 3.01. The van der Waals surface area contributed by atoms with Crippen LogP contribution in [0.2, 0.25) is 0 Å². The van der Waals surface area contributed by atoms with Crippen molar-refractivity contribution in [3.05, 3.63) is 29.3 Å². The van der Waals surface area contributed by atoms with Crippen LogP contribution in [0.5, 0.6) is 0 Å². The molecular weight excluding hydrogens is 220 g/mol. The molecule has 1 rings (SSSR count). The first-order chi connectivity index (χ1) is 8.65. The van der Waals surface area contributed by atoms with Crippen molar-refractivity contribution in [2.45, 2.75) is 40.5 Å². The number of rotatable bonds is 6. The number of nitriles is 1. The standard InChI is InChI=1S/C16H24N2/c1-5-14(6-2)12-18(7-3)16-10-13(4)8-9-15(16)11-17/h8-10,14H,5-7,12H2,1-4H3. The molecule has 0 atom stereocenters. The summed E-state index contributed by atoms with van der Waals surface area (Å²) in [4.78, 5) is 2.34. The first-order valence-electron chi connectivity index (χ1n) is 6.91. The van der Waals surface area contributed by atoms with Gasteiger partial charge in [-0.2, -0.15) is 5.26 Å². The molecule has 0 saturated carbocycles. The van der Waals surface area contributed by atoms with Gasteiger partial charge in [-0.05, 0) is 37.5 Å². The molecule has 0 aliphatic heterocycles. The largest absolute Gasteiger partial charge is 0.370 e. The average Bonchev–Trinajstić information content (AvgIpc) is 2.40. The number of nitrogens with zero attached hydrogens (tertiary/aromatic N) is 2. The highest BCUT2D eigenvalue weighted by molar-refractivity contribution is 5.60. The van der Waals surface area contributed by atoms with Crippen molar-refractivity contribution in [2.24, 2.45) is 5.92 Å². The van der Waals surface area contributed by atoms with E-state index in [-0.39, 0.29) is 0 Å². The summed E-state index contributed by atoms with van der Waals surface area (Å²) in [5.41, 5.74) is 3.09. The molecule has 0 saturated heterocycles. The lowest BCUT2D eigenvalue weighted by Gasteiger charge is -2.28. The topological polar surface area (TPSA) is 27.0 Å². The van der Waals surface area contributed by atoms with Gasteiger partial charge in [-0.1, -0.05) is 32.8 Å². The van der Waals surface area contributed by atoms with Gasteiger partial charge in [-0.3, -0.25) is 0 Å². The zero-order valence-electron chi connectivity index (χ0n) is 12.0. The van der Waals surface area contributed by atoms with Gasteiger partial charge >= 0.3 is 0 Å². The molecule has 0 unspecified atom stereocenters. The fourth-order valence-corrected chi connectivity index (χ4v) is 2.25. The number of hydrogen-bond donors (Lipinski definition) is 0. The van der Waals surface area contributed by atoms with Crippen molar-refractivity contribution in [1.29, 1.82) is 5.26 Å². The monoisotopic (exact) mass is 244 g/mol. The summed E-state index contributed by atoms with van der Waals surface area (Å²) in [6.45, 7) is 10.7. The third kappa shape index (κ3) is 3.50. The predicted molar refractivity (Wildman–Crippen MR) is 77.9 cm³/mol. The maximum Gasteiger partial charge on any atom is 0.101 e. The lowest BCUT2D eigenvalue weighted by Crippen LogP contribution is -2.29. The van der Waals surface area contributed by atoms with Crippen LogP contribution in [-0.4, -0.2) is 13.1 Å². The van der Waals surface area contributed by atoms with Crippen LogP contribution < -0.4 is 4.90 Å². The summed E-state index contributed by atoms with van der Waals surface area (Å²) in [7, 11) is 0. The average molecular weight is 244 g/mol. The molecule has 0 aliphatic carbocycles. The Kier molecular flexibility index (Phi) is 5.71. The fraction of sp³-hybridized carbons (Fsp3) is 0.562. The van der Waals surface area contributed by atoms with E-state index in [4.69, 9.17) is 0 Å². The first-order valence-corrected chi connectivity index (χ1v) is 6.91. The van der Waals surface area contributed by atoms with Crippen LogP contribution >= 0.6 is 0 Å². The van der Waals surface area contributed by atoms with E-state index in [2.05, 4.69) is 44.7 Å². The van der Waals surface area contributed by atoms with Gasteiger partial charge in [0.1, 0.15) is 6.07 Å². The van der Waals surface area contributed by atoms with E-state index in [0.29, 0.717) is 5.92 Å². The lowest BCUT2D eigenvalue weighted by molar-refractivity contribution is 0.486. The van der Waals surface area contributed by atoms with Crippen LogP contribution in [0, 0.1) is 24.2 Å². The number of benzene rings is 1. The third-order valence-electron chi connectivity index (χ3n) is 3.63. The highest BCUT2D eigenvalue weighted by atomic mass is 15.1. The van der Waals surface area contributed by atoms with E-state index < -0.39 is 0 Å². The van der Waals surface area contributed by atoms with E-state index >= 15 is 0 Å². The highest BCUT2D eigenvalue weighted by Gasteiger charge is 2.14. The van der Waals surface area contributed by atoms with Crippen LogP contribution in [0.3, 0.4) is 0 Å². The smallest absolute Gasteiger partial charge is 0.101 e. The van der Waals surface area contributed by atoms with Gasteiger partial charge in [0, 0.05) is 13.1 Å². The minimum Gasteiger partial charge on any atom is -0.370 e. The quantitative estimate of drug-likeness (QED) is 0.752. The molecule has 0 heterocycles. The van der Waals surface area contributed by atoms with E-state index in [1.807, 2.05) is 12.1 Å². The first kappa shape index (κ1) is 14.6. The molecule has 98 valence electrons. The number of anilines is 1. The Bertz CT molecular complexity index is 414. The molecule has 0 N–H and O–H groups in total. The molecule has 0 aliphatic rings. The Labute approximate surface area is 111 Å². The zero-order valence-corrected chi connectivity index (χ0v) is 12.0. The number of aryl methyl sites for hydroxylation is 1. The van der Waals surface area contributed by atoms with Gasteiger partial charge in [0.05, 0.1) is 11.3 Å². The molecule has 2 nitrogen and oxygen atoms in total. The van der Waals surface area contributed by atoms with Gasteiger partial charge in [-0.25, -0.2) is 0 Å². The van der Waals surface area contributed by atoms with Crippen molar-refractivity contribution in [1.82, 2.24) is 0 Å². The fourth-order valence-electron chi connectivity index (χ4n) is 2.25. The van der Waals surface area contributed by atoms with Gasteiger partial charge < -0.3 is 4.90 Å². The molecule has 0 amide bonds. The molecule has 2 heteroatoms. The van der Waals surface area contributed by atoms with E-state index in [1.165, 1.54) is 18.4 Å². The summed E-state index contributed by atoms with van der Waals surface area (Å²) in [5, 5.41) is 9.23. The molecular formula is C16H24N2. The molecule has 18 heavy (non-hydrogen) atoms. The Hall–Kier alpha value is -1.49. The molecule has 0 spiro atoms. The van der Waals surface area contributed by atoms with E-state index in [1.54, 1.807) is 0 Å². The maximum atomic E-state index is 9.23. The van der Waals surface area contributed by atoms with Crippen molar-refractivity contribution in [2.75, 3.05) is 18.0 Å². The van der Waals surface area contributed by atoms with E-state index in [0.717, 1.165) is 24.3 Å². The van der Waals surface area contributed by atoms with Gasteiger partial charge in [0.15, 0.2) is 0 Å². The molecule has 0 aromatic heterocycles. The Morgan fingerprint density at radius 2 is 1.89 bits per heavy atom. The SMILES string of the molecule is CCC(CC)CN(CC)c1cc(C)ccc1C#N. The van der Waals surface area contributed by atoms with Crippen LogP contribution in [-0.2, 0) is 0 Å². The number of hydrogen-bond acceptors (Lipinski definition) is 2. The van der Waals surface area contributed by atoms with Gasteiger partial charge in [-0.15, -0.1) is 0 Å². The summed E-state index contributed by atoms with van der Waals surface area (Å²) in [5.74, 6) is 0.706. The normalized spacial score (nSPS) is 10.4. The van der Waals surface area contributed by atoms with Crippen molar-refractivity contribution in [3.63, 3.8) is 0 Å². The van der Waals surface area contributed by atoms with Crippen LogP contribution in [0.25, 0.3) is 0 Å². The Morgan fingerprint density at radius 3 is 2.39 bits per heavy atom. The molecule has 0 bridgehead atoms. The minimum atomic E-state index is 0.706. The maximum absolute atomic E-state index is 9.23. The van der Waals surface area contributed by atoms with Crippen LogP contribution in [0.15, 0.2) is 18.2 Å². The van der Waals surface area contributed by atoms with Crippen LogP contribution in [0.1, 0.15) is 44.7 Å². The summed E-state index contributed by atoms with van der Waals surface area (Å²) >= 11 is 0. The Morgan fingerprint density at radius 1 is 1.22 bits per heavy atom. The second-order valence-electron chi connectivity index (χ2n) is 4.85. The highest BCUT2D eigenvalue weighted by Crippen LogP contribution is 2.23. The predicted octanol–water partition coefficient (Wildman–Crippen LogP) is 4.13. The second-order valence-corrected chi connectivity index (χ2v) is 4.85. The molecule has 1 aromatic carbocycles. The van der Waals surface area contributed by atoms with Gasteiger partial charge in [0.2, 0.25) is 0 Å². The van der Waals surface area contributed by atoms with Crippen molar-refractivity contribution in [3.8, 4) is 6.07 Å². The summed E-state index contributed by atoms with van der Waals surface area (Å²) in [6, 6.07) is 8.37. The molecule has 1 aromatic rings. The second kappa shape index (κ2) is 7.06. The van der Waals surface area contributed by atoms with Gasteiger partial charge in [0.25, 0.3) is 0 Å². The summed E-state index contributed by atoms with van der Waals surface area (Å²) in [6.07, 6.45) is 2.39. The van der Waals surface area contributed by atoms with Crippen molar-refractivity contribution >= 4 is 5.69 Å². The zero-order chi connectivity index (χ0) is 13.5. The molecule has 0 fully saturated rings. The third-order valence-corrected chi connectivity index (χ3v) is 3.63. The van der Waals surface area contributed by atoms with E-state index in [9.17, 15) is 5.26 Å². The van der Waals surface area contributed by atoms with Crippen molar-refractivity contribution < 1.29 is 0 Å². The minimum absolute atomic E-state index is 0.706. The molecule has 0 radical (unpaired) electrons. The van der Waals surface area contributed by atoms with Crippen LogP contribution in [0.4, 0.5) is 5.69 Å². The lowest BCUT2D eigenvalue weighted by atomic mass is 10.0. The summed E-state index contributed by atoms with van der Waals surface area (Å²) < 4.78 is 0.